The van der Waals surface area contributed by atoms with Gasteiger partial charge in [-0.05, 0) is 37.1 Å². The number of ether oxygens (including phenoxy) is 2. The van der Waals surface area contributed by atoms with Gasteiger partial charge in [-0.15, -0.1) is 0 Å². The molecule has 0 amide bonds. The van der Waals surface area contributed by atoms with Gasteiger partial charge in [-0.1, -0.05) is 19.3 Å². The minimum Gasteiger partial charge on any atom is -0.454 e. The molecule has 1 aromatic heterocycles. The van der Waals surface area contributed by atoms with Crippen molar-refractivity contribution in [1.82, 2.24) is 9.78 Å². The molecule has 5 heteroatoms. The first-order valence-corrected chi connectivity index (χ1v) is 7.81. The molecule has 1 saturated carbocycles. The maximum absolute atomic E-state index is 12.1. The van der Waals surface area contributed by atoms with Crippen LogP contribution in [-0.2, 0) is 0 Å². The maximum atomic E-state index is 12.1. The van der Waals surface area contributed by atoms with Gasteiger partial charge in [0, 0.05) is 11.6 Å². The van der Waals surface area contributed by atoms with E-state index in [-0.39, 0.29) is 18.4 Å². The molecule has 2 aromatic rings. The highest BCUT2D eigenvalue weighted by Gasteiger charge is 2.19. The van der Waals surface area contributed by atoms with Crippen molar-refractivity contribution in [2.75, 3.05) is 6.79 Å². The molecule has 22 heavy (non-hydrogen) atoms. The van der Waals surface area contributed by atoms with E-state index in [0.717, 1.165) is 35.6 Å². The summed E-state index contributed by atoms with van der Waals surface area (Å²) in [7, 11) is 0. The molecule has 0 bridgehead atoms. The Morgan fingerprint density at radius 3 is 2.68 bits per heavy atom. The molecule has 0 unspecified atom stereocenters. The van der Waals surface area contributed by atoms with E-state index in [9.17, 15) is 4.79 Å². The lowest BCUT2D eigenvalue weighted by Crippen LogP contribution is -2.28. The van der Waals surface area contributed by atoms with Crippen LogP contribution in [0.15, 0.2) is 35.1 Å². The summed E-state index contributed by atoms with van der Waals surface area (Å²) in [6.07, 6.45) is 5.68. The van der Waals surface area contributed by atoms with Gasteiger partial charge in [-0.25, -0.2) is 4.68 Å². The van der Waals surface area contributed by atoms with Gasteiger partial charge >= 0.3 is 0 Å². The fourth-order valence-corrected chi connectivity index (χ4v) is 3.22. The Bertz CT molecular complexity index is 748. The topological polar surface area (TPSA) is 53.4 Å². The van der Waals surface area contributed by atoms with Gasteiger partial charge in [0.2, 0.25) is 6.79 Å². The molecule has 1 aliphatic heterocycles. The van der Waals surface area contributed by atoms with Crippen LogP contribution in [0.1, 0.15) is 38.1 Å². The van der Waals surface area contributed by atoms with E-state index in [2.05, 4.69) is 5.10 Å². The third-order valence-corrected chi connectivity index (χ3v) is 4.41. The molecular formula is C17H18N2O3. The highest BCUT2D eigenvalue weighted by Crippen LogP contribution is 2.35. The van der Waals surface area contributed by atoms with E-state index in [4.69, 9.17) is 9.47 Å². The number of aromatic nitrogens is 2. The maximum Gasteiger partial charge on any atom is 0.267 e. The Morgan fingerprint density at radius 1 is 1.00 bits per heavy atom. The minimum absolute atomic E-state index is 0.0172. The first kappa shape index (κ1) is 13.4. The Kier molecular flexibility index (Phi) is 3.33. The molecule has 2 aliphatic rings. The van der Waals surface area contributed by atoms with Crippen molar-refractivity contribution < 1.29 is 9.47 Å². The van der Waals surface area contributed by atoms with Gasteiger partial charge in [0.1, 0.15) is 0 Å². The molecule has 4 rings (SSSR count). The molecule has 1 aromatic carbocycles. The lowest BCUT2D eigenvalue weighted by atomic mass is 9.95. The molecule has 0 atom stereocenters. The summed E-state index contributed by atoms with van der Waals surface area (Å²) in [5.74, 6) is 1.49. The van der Waals surface area contributed by atoms with Gasteiger partial charge in [0.15, 0.2) is 11.5 Å². The molecule has 0 radical (unpaired) electrons. The fourth-order valence-electron chi connectivity index (χ4n) is 3.22. The molecule has 0 N–H and O–H groups in total. The lowest BCUT2D eigenvalue weighted by Gasteiger charge is -2.23. The molecule has 1 aliphatic carbocycles. The Balaban J connectivity index is 1.71. The van der Waals surface area contributed by atoms with E-state index in [1.54, 1.807) is 16.8 Å². The van der Waals surface area contributed by atoms with Crippen molar-refractivity contribution in [3.8, 4) is 22.8 Å². The van der Waals surface area contributed by atoms with E-state index in [1.807, 2.05) is 18.2 Å². The molecule has 114 valence electrons. The van der Waals surface area contributed by atoms with Crippen LogP contribution in [0.4, 0.5) is 0 Å². The van der Waals surface area contributed by atoms with Crippen LogP contribution in [-0.4, -0.2) is 16.6 Å². The smallest absolute Gasteiger partial charge is 0.267 e. The summed E-state index contributed by atoms with van der Waals surface area (Å²) in [4.78, 5) is 12.1. The highest BCUT2D eigenvalue weighted by atomic mass is 16.7. The average Bonchev–Trinajstić information content (AvgIpc) is 3.04. The Hall–Kier alpha value is -2.30. The zero-order valence-electron chi connectivity index (χ0n) is 12.3. The quantitative estimate of drug-likeness (QED) is 0.854. The normalized spacial score (nSPS) is 17.6. The molecule has 2 heterocycles. The van der Waals surface area contributed by atoms with Crippen LogP contribution in [0.3, 0.4) is 0 Å². The van der Waals surface area contributed by atoms with Crippen LogP contribution < -0.4 is 15.0 Å². The van der Waals surface area contributed by atoms with E-state index >= 15 is 0 Å². The number of hydrogen-bond donors (Lipinski definition) is 0. The second-order valence-corrected chi connectivity index (χ2v) is 5.86. The molecule has 5 nitrogen and oxygen atoms in total. The van der Waals surface area contributed by atoms with E-state index in [0.29, 0.717) is 0 Å². The number of fused-ring (bicyclic) bond motifs is 1. The number of benzene rings is 1. The summed E-state index contributed by atoms with van der Waals surface area (Å²) in [5, 5.41) is 4.60. The summed E-state index contributed by atoms with van der Waals surface area (Å²) >= 11 is 0. The highest BCUT2D eigenvalue weighted by molar-refractivity contribution is 5.63. The minimum atomic E-state index is -0.0172. The van der Waals surface area contributed by atoms with Crippen LogP contribution in [0.25, 0.3) is 11.3 Å². The lowest BCUT2D eigenvalue weighted by molar-refractivity contribution is 0.174. The predicted octanol–water partition coefficient (Wildman–Crippen LogP) is 3.14. The summed E-state index contributed by atoms with van der Waals surface area (Å²) in [6, 6.07) is 9.37. The first-order valence-electron chi connectivity index (χ1n) is 7.81. The van der Waals surface area contributed by atoms with Gasteiger partial charge in [-0.3, -0.25) is 4.79 Å². The number of rotatable bonds is 2. The first-order chi connectivity index (χ1) is 10.8. The van der Waals surface area contributed by atoms with Crippen molar-refractivity contribution in [1.29, 1.82) is 0 Å². The van der Waals surface area contributed by atoms with Crippen molar-refractivity contribution >= 4 is 0 Å². The molecular weight excluding hydrogens is 280 g/mol. The van der Waals surface area contributed by atoms with Crippen molar-refractivity contribution in [3.63, 3.8) is 0 Å². The SMILES string of the molecule is O=c1ccc(-c2ccc3c(c2)OCO3)nn1C1CCCCC1. The van der Waals surface area contributed by atoms with E-state index < -0.39 is 0 Å². The third-order valence-electron chi connectivity index (χ3n) is 4.41. The number of nitrogens with zero attached hydrogens (tertiary/aromatic N) is 2. The second-order valence-electron chi connectivity index (χ2n) is 5.86. The van der Waals surface area contributed by atoms with Crippen molar-refractivity contribution in [2.24, 2.45) is 0 Å². The Morgan fingerprint density at radius 2 is 1.82 bits per heavy atom. The zero-order chi connectivity index (χ0) is 14.9. The summed E-state index contributed by atoms with van der Waals surface area (Å²) < 4.78 is 12.4. The largest absolute Gasteiger partial charge is 0.454 e. The molecule has 1 fully saturated rings. The van der Waals surface area contributed by atoms with Gasteiger partial charge < -0.3 is 9.47 Å². The predicted molar refractivity (Wildman–Crippen MR) is 82.2 cm³/mol. The standard InChI is InChI=1S/C17H18N2O3/c20-17-9-7-14(18-19(17)13-4-2-1-3-5-13)12-6-8-15-16(10-12)22-11-21-15/h6-10,13H,1-5,11H2. The number of hydrogen-bond acceptors (Lipinski definition) is 4. The fraction of sp³-hybridized carbons (Fsp3) is 0.412. The third kappa shape index (κ3) is 2.36. The van der Waals surface area contributed by atoms with E-state index in [1.165, 1.54) is 19.3 Å². The second kappa shape index (κ2) is 5.48. The van der Waals surface area contributed by atoms with Crippen LogP contribution >= 0.6 is 0 Å². The monoisotopic (exact) mass is 298 g/mol. The van der Waals surface area contributed by atoms with Crippen molar-refractivity contribution in [2.45, 2.75) is 38.1 Å². The van der Waals surface area contributed by atoms with Gasteiger partial charge in [0.05, 0.1) is 11.7 Å². The summed E-state index contributed by atoms with van der Waals surface area (Å²) in [6.45, 7) is 0.258. The van der Waals surface area contributed by atoms with Crippen molar-refractivity contribution in [3.05, 3.63) is 40.7 Å². The summed E-state index contributed by atoms with van der Waals surface area (Å²) in [5.41, 5.74) is 1.72. The van der Waals surface area contributed by atoms with Crippen LogP contribution in [0.2, 0.25) is 0 Å². The average molecular weight is 298 g/mol. The molecule has 0 saturated heterocycles. The van der Waals surface area contributed by atoms with Gasteiger partial charge in [0.25, 0.3) is 5.56 Å². The Labute approximate surface area is 128 Å². The van der Waals surface area contributed by atoms with Gasteiger partial charge in [-0.2, -0.15) is 5.10 Å². The van der Waals surface area contributed by atoms with Crippen LogP contribution in [0, 0.1) is 0 Å². The zero-order valence-corrected chi connectivity index (χ0v) is 12.3. The van der Waals surface area contributed by atoms with Crippen LogP contribution in [0.5, 0.6) is 11.5 Å². The molecule has 0 spiro atoms.